The molecular formula is C14H10N6OS2. The lowest BCUT2D eigenvalue weighted by atomic mass is 10.2. The second-order valence-corrected chi connectivity index (χ2v) is 6.48. The highest BCUT2D eigenvalue weighted by Crippen LogP contribution is 2.25. The van der Waals surface area contributed by atoms with Gasteiger partial charge in [-0.25, -0.2) is 9.97 Å². The fourth-order valence-electron chi connectivity index (χ4n) is 2.09. The van der Waals surface area contributed by atoms with Crippen molar-refractivity contribution in [1.82, 2.24) is 23.9 Å². The maximum atomic E-state index is 12.3. The first-order valence-corrected chi connectivity index (χ1v) is 8.32. The molecule has 0 saturated carbocycles. The molecule has 0 aliphatic heterocycles. The van der Waals surface area contributed by atoms with Gasteiger partial charge in [0.2, 0.25) is 5.13 Å². The summed E-state index contributed by atoms with van der Waals surface area (Å²) in [7, 11) is 1.86. The van der Waals surface area contributed by atoms with E-state index in [1.54, 1.807) is 28.3 Å². The summed E-state index contributed by atoms with van der Waals surface area (Å²) in [5.74, 6) is 0.345. The fraction of sp³-hybridized carbons (Fsp3) is 0.0714. The summed E-state index contributed by atoms with van der Waals surface area (Å²) in [5, 5.41) is 5.17. The smallest absolute Gasteiger partial charge is 0.259 e. The average molecular weight is 342 g/mol. The normalized spacial score (nSPS) is 11.0. The second kappa shape index (κ2) is 5.52. The van der Waals surface area contributed by atoms with Crippen molar-refractivity contribution in [3.63, 3.8) is 0 Å². The van der Waals surface area contributed by atoms with E-state index in [2.05, 4.69) is 24.6 Å². The van der Waals surface area contributed by atoms with Crippen molar-refractivity contribution >= 4 is 45.1 Å². The van der Waals surface area contributed by atoms with Crippen molar-refractivity contribution in [3.8, 4) is 10.7 Å². The van der Waals surface area contributed by atoms with Gasteiger partial charge < -0.3 is 4.57 Å². The number of carbonyl (C=O) groups is 1. The Morgan fingerprint density at radius 1 is 1.35 bits per heavy atom. The Labute approximate surface area is 138 Å². The summed E-state index contributed by atoms with van der Waals surface area (Å²) < 4.78 is 6.05. The zero-order valence-electron chi connectivity index (χ0n) is 11.9. The van der Waals surface area contributed by atoms with Gasteiger partial charge in [0.05, 0.1) is 16.8 Å². The van der Waals surface area contributed by atoms with Crippen molar-refractivity contribution in [2.45, 2.75) is 0 Å². The summed E-state index contributed by atoms with van der Waals surface area (Å²) >= 11 is 2.71. The molecule has 0 saturated heterocycles. The highest BCUT2D eigenvalue weighted by Gasteiger charge is 2.13. The van der Waals surface area contributed by atoms with Crippen molar-refractivity contribution < 1.29 is 4.79 Å². The lowest BCUT2D eigenvalue weighted by molar-refractivity contribution is 0.102. The van der Waals surface area contributed by atoms with E-state index in [0.717, 1.165) is 22.1 Å². The molecule has 1 N–H and O–H groups in total. The molecule has 0 bridgehead atoms. The van der Waals surface area contributed by atoms with Gasteiger partial charge in [-0.2, -0.15) is 9.36 Å². The summed E-state index contributed by atoms with van der Waals surface area (Å²) in [5.41, 5.74) is 1.85. The number of aryl methyl sites for hydroxylation is 1. The Kier molecular flexibility index (Phi) is 3.36. The molecule has 0 aliphatic carbocycles. The quantitative estimate of drug-likeness (QED) is 0.619. The number of aromatic nitrogens is 5. The predicted octanol–water partition coefficient (Wildman–Crippen LogP) is 2.80. The molecule has 4 aromatic heterocycles. The van der Waals surface area contributed by atoms with Gasteiger partial charge in [-0.15, -0.1) is 11.3 Å². The number of carbonyl (C=O) groups excluding carboxylic acids is 1. The largest absolute Gasteiger partial charge is 0.318 e. The van der Waals surface area contributed by atoms with E-state index in [1.165, 1.54) is 6.20 Å². The Bertz CT molecular complexity index is 988. The highest BCUT2D eigenvalue weighted by molar-refractivity contribution is 7.14. The van der Waals surface area contributed by atoms with Crippen LogP contribution in [0.4, 0.5) is 5.13 Å². The number of rotatable bonds is 3. The van der Waals surface area contributed by atoms with Gasteiger partial charge in [0.15, 0.2) is 11.5 Å². The van der Waals surface area contributed by atoms with E-state index in [-0.39, 0.29) is 5.91 Å². The third kappa shape index (κ3) is 2.60. The van der Waals surface area contributed by atoms with Crippen LogP contribution >= 0.6 is 22.9 Å². The van der Waals surface area contributed by atoms with E-state index in [9.17, 15) is 4.79 Å². The van der Waals surface area contributed by atoms with Crippen LogP contribution in [0.5, 0.6) is 0 Å². The Balaban J connectivity index is 1.57. The molecule has 4 rings (SSSR count). The summed E-state index contributed by atoms with van der Waals surface area (Å²) in [6.45, 7) is 0. The first kappa shape index (κ1) is 14.0. The fourth-order valence-corrected chi connectivity index (χ4v) is 3.38. The number of nitrogens with zero attached hydrogens (tertiary/aromatic N) is 5. The highest BCUT2D eigenvalue weighted by atomic mass is 32.1. The summed E-state index contributed by atoms with van der Waals surface area (Å²) in [4.78, 5) is 26.1. The van der Waals surface area contributed by atoms with E-state index in [4.69, 9.17) is 0 Å². The number of fused-ring (bicyclic) bond motifs is 1. The number of imidazole rings is 1. The third-order valence-electron chi connectivity index (χ3n) is 3.20. The molecule has 23 heavy (non-hydrogen) atoms. The number of amides is 1. The molecule has 0 spiro atoms. The molecule has 7 nitrogen and oxygen atoms in total. The number of hydrogen-bond donors (Lipinski definition) is 1. The second-order valence-electron chi connectivity index (χ2n) is 4.78. The zero-order chi connectivity index (χ0) is 15.8. The number of nitrogens with one attached hydrogen (secondary N) is 1. The maximum Gasteiger partial charge on any atom is 0.259 e. The lowest BCUT2D eigenvalue weighted by Gasteiger charge is -2.01. The first-order chi connectivity index (χ1) is 11.2. The van der Waals surface area contributed by atoms with Gasteiger partial charge >= 0.3 is 0 Å². The number of pyridine rings is 1. The summed E-state index contributed by atoms with van der Waals surface area (Å²) in [6, 6.07) is 5.59. The standard InChI is InChI=1S/C14H10N6OS2/c1-20-7-16-9-5-8(6-15-12(9)20)13(21)18-14-17-11(19-23-14)10-3-2-4-22-10/h2-7H,1H3,(H,17,18,19,21). The Morgan fingerprint density at radius 2 is 2.26 bits per heavy atom. The van der Waals surface area contributed by atoms with Crippen molar-refractivity contribution in [2.24, 2.45) is 7.05 Å². The van der Waals surface area contributed by atoms with E-state index >= 15 is 0 Å². The van der Waals surface area contributed by atoms with Gasteiger partial charge in [-0.05, 0) is 17.5 Å². The number of anilines is 1. The molecule has 4 heterocycles. The predicted molar refractivity (Wildman–Crippen MR) is 89.7 cm³/mol. The summed E-state index contributed by atoms with van der Waals surface area (Å²) in [6.07, 6.45) is 3.19. The van der Waals surface area contributed by atoms with Gasteiger partial charge in [-0.1, -0.05) is 6.07 Å². The minimum Gasteiger partial charge on any atom is -0.318 e. The number of hydrogen-bond acceptors (Lipinski definition) is 7. The monoisotopic (exact) mass is 342 g/mol. The van der Waals surface area contributed by atoms with Crippen LogP contribution < -0.4 is 5.32 Å². The van der Waals surface area contributed by atoms with Crippen molar-refractivity contribution in [3.05, 3.63) is 41.7 Å². The Morgan fingerprint density at radius 3 is 3.09 bits per heavy atom. The van der Waals surface area contributed by atoms with Gasteiger partial charge in [0.25, 0.3) is 5.91 Å². The van der Waals surface area contributed by atoms with E-state index in [1.807, 2.05) is 24.6 Å². The van der Waals surface area contributed by atoms with Crippen LogP contribution in [0.1, 0.15) is 10.4 Å². The minimum absolute atomic E-state index is 0.279. The van der Waals surface area contributed by atoms with Crippen LogP contribution in [-0.4, -0.2) is 29.8 Å². The van der Waals surface area contributed by atoms with Crippen molar-refractivity contribution in [1.29, 1.82) is 0 Å². The van der Waals surface area contributed by atoms with Gasteiger partial charge in [-0.3, -0.25) is 10.1 Å². The molecule has 0 unspecified atom stereocenters. The van der Waals surface area contributed by atoms with Crippen LogP contribution in [0.3, 0.4) is 0 Å². The van der Waals surface area contributed by atoms with Crippen LogP contribution in [0.25, 0.3) is 21.9 Å². The van der Waals surface area contributed by atoms with Gasteiger partial charge in [0.1, 0.15) is 5.52 Å². The minimum atomic E-state index is -0.279. The molecule has 0 fully saturated rings. The molecule has 1 amide bonds. The number of thiophene rings is 1. The molecular weight excluding hydrogens is 332 g/mol. The maximum absolute atomic E-state index is 12.3. The third-order valence-corrected chi connectivity index (χ3v) is 4.70. The van der Waals surface area contributed by atoms with Crippen LogP contribution in [0.2, 0.25) is 0 Å². The lowest BCUT2D eigenvalue weighted by Crippen LogP contribution is -2.12. The molecule has 0 aromatic carbocycles. The van der Waals surface area contributed by atoms with Gasteiger partial charge in [0, 0.05) is 24.8 Å². The topological polar surface area (TPSA) is 85.6 Å². The molecule has 0 radical (unpaired) electrons. The van der Waals surface area contributed by atoms with Crippen molar-refractivity contribution in [2.75, 3.05) is 5.32 Å². The van der Waals surface area contributed by atoms with E-state index in [0.29, 0.717) is 22.0 Å². The van der Waals surface area contributed by atoms with Crippen LogP contribution in [0.15, 0.2) is 36.1 Å². The SMILES string of the molecule is Cn1cnc2cc(C(=O)Nc3nc(-c4cccs4)ns3)cnc21. The molecule has 9 heteroatoms. The molecule has 114 valence electrons. The van der Waals surface area contributed by atoms with E-state index < -0.39 is 0 Å². The van der Waals surface area contributed by atoms with Crippen LogP contribution in [-0.2, 0) is 7.05 Å². The first-order valence-electron chi connectivity index (χ1n) is 6.67. The average Bonchev–Trinajstić information content (AvgIpc) is 3.28. The zero-order valence-corrected chi connectivity index (χ0v) is 13.6. The Hall–Kier alpha value is -2.65. The molecule has 0 aliphatic rings. The van der Waals surface area contributed by atoms with Crippen LogP contribution in [0, 0.1) is 0 Å². The molecule has 0 atom stereocenters. The molecule has 4 aromatic rings.